The van der Waals surface area contributed by atoms with Crippen molar-refractivity contribution in [1.29, 1.82) is 0 Å². The molecule has 8 heteroatoms. The molecule has 0 radical (unpaired) electrons. The number of nitro benzene ring substituents is 1. The summed E-state index contributed by atoms with van der Waals surface area (Å²) in [7, 11) is 0. The van der Waals surface area contributed by atoms with Crippen molar-refractivity contribution in [2.75, 3.05) is 0 Å². The Morgan fingerprint density at radius 2 is 1.52 bits per heavy atom. The predicted molar refractivity (Wildman–Crippen MR) is 101 cm³/mol. The van der Waals surface area contributed by atoms with Crippen molar-refractivity contribution in [3.63, 3.8) is 0 Å². The van der Waals surface area contributed by atoms with Crippen LogP contribution in [0.5, 0.6) is 11.5 Å². The molecule has 0 amide bonds. The fourth-order valence-electron chi connectivity index (χ4n) is 2.17. The van der Waals surface area contributed by atoms with Gasteiger partial charge in [-0.05, 0) is 48.5 Å². The Hall–Kier alpha value is -4.07. The summed E-state index contributed by atoms with van der Waals surface area (Å²) in [5.41, 5.74) is 1.76. The lowest BCUT2D eigenvalue weighted by atomic mass is 10.2. The van der Waals surface area contributed by atoms with Crippen LogP contribution < -0.4 is 0 Å². The SMILES string of the molecule is O=[N+]([O-])c1cccc(N=Nc2ccc(O)c(C=Nc3ccc(O)cc3)c2)c1. The van der Waals surface area contributed by atoms with E-state index in [-0.39, 0.29) is 17.2 Å². The summed E-state index contributed by atoms with van der Waals surface area (Å²) in [5, 5.41) is 38.1. The molecule has 0 aliphatic carbocycles. The molecule has 8 nitrogen and oxygen atoms in total. The fourth-order valence-corrected chi connectivity index (χ4v) is 2.17. The van der Waals surface area contributed by atoms with Gasteiger partial charge in [-0.3, -0.25) is 15.1 Å². The summed E-state index contributed by atoms with van der Waals surface area (Å²) >= 11 is 0. The van der Waals surface area contributed by atoms with E-state index in [1.54, 1.807) is 30.3 Å². The highest BCUT2D eigenvalue weighted by atomic mass is 16.6. The zero-order valence-corrected chi connectivity index (χ0v) is 13.9. The zero-order chi connectivity index (χ0) is 19.2. The van der Waals surface area contributed by atoms with Gasteiger partial charge in [0.2, 0.25) is 0 Å². The van der Waals surface area contributed by atoms with Crippen molar-refractivity contribution in [3.8, 4) is 11.5 Å². The molecular formula is C19H14N4O4. The number of benzene rings is 3. The Kier molecular flexibility index (Phi) is 5.17. The molecule has 0 aliphatic heterocycles. The first kappa shape index (κ1) is 17.7. The zero-order valence-electron chi connectivity index (χ0n) is 13.9. The lowest BCUT2D eigenvalue weighted by molar-refractivity contribution is -0.384. The summed E-state index contributed by atoms with van der Waals surface area (Å²) in [5.74, 6) is 0.159. The highest BCUT2D eigenvalue weighted by Gasteiger charge is 2.05. The van der Waals surface area contributed by atoms with Crippen molar-refractivity contribution in [3.05, 3.63) is 82.4 Å². The van der Waals surface area contributed by atoms with Gasteiger partial charge in [0.15, 0.2) is 0 Å². The lowest BCUT2D eigenvalue weighted by Gasteiger charge is -2.00. The molecule has 0 aromatic heterocycles. The molecule has 0 atom stereocenters. The minimum absolute atomic E-state index is 0.0202. The number of non-ortho nitro benzene ring substituents is 1. The minimum atomic E-state index is -0.503. The quantitative estimate of drug-likeness (QED) is 0.281. The highest BCUT2D eigenvalue weighted by Crippen LogP contribution is 2.26. The molecule has 0 heterocycles. The van der Waals surface area contributed by atoms with Crippen LogP contribution in [0.4, 0.5) is 22.7 Å². The molecule has 0 spiro atoms. The monoisotopic (exact) mass is 362 g/mol. The van der Waals surface area contributed by atoms with Crippen LogP contribution in [-0.4, -0.2) is 21.4 Å². The first-order chi connectivity index (χ1) is 13.0. The van der Waals surface area contributed by atoms with Gasteiger partial charge >= 0.3 is 0 Å². The molecule has 3 aromatic carbocycles. The van der Waals surface area contributed by atoms with Gasteiger partial charge in [-0.1, -0.05) is 6.07 Å². The Bertz CT molecular complexity index is 1030. The number of hydrogen-bond acceptors (Lipinski definition) is 7. The predicted octanol–water partition coefficient (Wildman–Crippen LogP) is 5.17. The molecule has 2 N–H and O–H groups in total. The van der Waals surface area contributed by atoms with Crippen molar-refractivity contribution in [1.82, 2.24) is 0 Å². The van der Waals surface area contributed by atoms with Gasteiger partial charge in [0.05, 0.1) is 22.0 Å². The smallest absolute Gasteiger partial charge is 0.271 e. The second kappa shape index (κ2) is 7.87. The number of azo groups is 1. The minimum Gasteiger partial charge on any atom is -0.508 e. The third kappa shape index (κ3) is 4.73. The van der Waals surface area contributed by atoms with E-state index in [1.165, 1.54) is 42.6 Å². The highest BCUT2D eigenvalue weighted by molar-refractivity contribution is 5.86. The largest absolute Gasteiger partial charge is 0.508 e. The van der Waals surface area contributed by atoms with Gasteiger partial charge in [-0.2, -0.15) is 10.2 Å². The third-order valence-corrected chi connectivity index (χ3v) is 3.54. The average Bonchev–Trinajstić information content (AvgIpc) is 2.68. The standard InChI is InChI=1S/C19H14N4O4/c24-18-7-4-14(5-8-18)20-12-13-10-16(6-9-19(13)25)22-21-15-2-1-3-17(11-15)23(26)27/h1-12,24-25H. The van der Waals surface area contributed by atoms with Gasteiger partial charge in [0.1, 0.15) is 11.5 Å². The molecule has 134 valence electrons. The molecule has 0 saturated heterocycles. The second-order valence-electron chi connectivity index (χ2n) is 5.49. The number of phenols is 2. The summed E-state index contributed by atoms with van der Waals surface area (Å²) < 4.78 is 0. The van der Waals surface area contributed by atoms with Crippen molar-refractivity contribution < 1.29 is 15.1 Å². The summed E-state index contributed by atoms with van der Waals surface area (Å²) in [6.45, 7) is 0. The maximum absolute atomic E-state index is 10.8. The van der Waals surface area contributed by atoms with Crippen molar-refractivity contribution in [2.24, 2.45) is 15.2 Å². The first-order valence-corrected chi connectivity index (χ1v) is 7.83. The molecule has 3 rings (SSSR count). The normalized spacial score (nSPS) is 11.3. The molecule has 27 heavy (non-hydrogen) atoms. The van der Waals surface area contributed by atoms with Crippen LogP contribution in [0.3, 0.4) is 0 Å². The van der Waals surface area contributed by atoms with Crippen LogP contribution in [0.25, 0.3) is 0 Å². The number of hydrogen-bond donors (Lipinski definition) is 2. The van der Waals surface area contributed by atoms with Crippen LogP contribution in [-0.2, 0) is 0 Å². The Morgan fingerprint density at radius 3 is 2.22 bits per heavy atom. The van der Waals surface area contributed by atoms with E-state index in [2.05, 4.69) is 15.2 Å². The van der Waals surface area contributed by atoms with Crippen molar-refractivity contribution in [2.45, 2.75) is 0 Å². The number of aromatic hydroxyl groups is 2. The molecule has 3 aromatic rings. The molecule has 0 bridgehead atoms. The number of nitrogens with zero attached hydrogens (tertiary/aromatic N) is 4. The maximum Gasteiger partial charge on any atom is 0.271 e. The average molecular weight is 362 g/mol. The van der Waals surface area contributed by atoms with E-state index in [1.807, 2.05) is 0 Å². The number of nitro groups is 1. The number of rotatable bonds is 5. The van der Waals surface area contributed by atoms with E-state index in [4.69, 9.17) is 0 Å². The Labute approximate surface area is 153 Å². The van der Waals surface area contributed by atoms with Gasteiger partial charge in [-0.15, -0.1) is 0 Å². The van der Waals surface area contributed by atoms with Gasteiger partial charge in [-0.25, -0.2) is 0 Å². The molecule has 0 fully saturated rings. The van der Waals surface area contributed by atoms with Crippen LogP contribution in [0.2, 0.25) is 0 Å². The molecule has 0 saturated carbocycles. The Morgan fingerprint density at radius 1 is 0.852 bits per heavy atom. The fraction of sp³-hybridized carbons (Fsp3) is 0. The lowest BCUT2D eigenvalue weighted by Crippen LogP contribution is -1.85. The number of aliphatic imine (C=N–C) groups is 1. The summed E-state index contributed by atoms with van der Waals surface area (Å²) in [4.78, 5) is 14.5. The van der Waals surface area contributed by atoms with Gasteiger partial charge < -0.3 is 10.2 Å². The van der Waals surface area contributed by atoms with Crippen LogP contribution in [0, 0.1) is 10.1 Å². The Balaban J connectivity index is 1.81. The van der Waals surface area contributed by atoms with Crippen LogP contribution in [0.1, 0.15) is 5.56 Å². The van der Waals surface area contributed by atoms with E-state index < -0.39 is 4.92 Å². The van der Waals surface area contributed by atoms with Crippen molar-refractivity contribution >= 4 is 29.0 Å². The van der Waals surface area contributed by atoms with Gasteiger partial charge in [0, 0.05) is 23.9 Å². The maximum atomic E-state index is 10.8. The summed E-state index contributed by atoms with van der Waals surface area (Å²) in [6.07, 6.45) is 1.47. The van der Waals surface area contributed by atoms with Crippen LogP contribution in [0.15, 0.2) is 82.0 Å². The van der Waals surface area contributed by atoms with E-state index >= 15 is 0 Å². The van der Waals surface area contributed by atoms with Gasteiger partial charge in [0.25, 0.3) is 5.69 Å². The molecule has 0 aliphatic rings. The second-order valence-corrected chi connectivity index (χ2v) is 5.49. The number of phenolic OH excluding ortho intramolecular Hbond substituents is 2. The first-order valence-electron chi connectivity index (χ1n) is 7.83. The molecule has 0 unspecified atom stereocenters. The summed E-state index contributed by atoms with van der Waals surface area (Å²) in [6, 6.07) is 16.7. The topological polar surface area (TPSA) is 121 Å². The van der Waals surface area contributed by atoms with E-state index in [0.717, 1.165) is 0 Å². The third-order valence-electron chi connectivity index (χ3n) is 3.54. The van der Waals surface area contributed by atoms with Crippen LogP contribution >= 0.6 is 0 Å². The van der Waals surface area contributed by atoms with E-state index in [0.29, 0.717) is 22.6 Å². The molecular weight excluding hydrogens is 348 g/mol. The van der Waals surface area contributed by atoms with E-state index in [9.17, 15) is 20.3 Å².